The molecule has 1 aromatic rings. The van der Waals surface area contributed by atoms with Crippen molar-refractivity contribution < 1.29 is 8.42 Å². The van der Waals surface area contributed by atoms with Crippen LogP contribution in [0, 0.1) is 5.92 Å². The van der Waals surface area contributed by atoms with Gasteiger partial charge in [0, 0.05) is 23.3 Å². The Labute approximate surface area is 133 Å². The summed E-state index contributed by atoms with van der Waals surface area (Å²) in [6.45, 7) is 4.55. The van der Waals surface area contributed by atoms with Crippen LogP contribution in [0.15, 0.2) is 21.6 Å². The average Bonchev–Trinajstić information content (AvgIpc) is 2.30. The minimum atomic E-state index is -3.70. The van der Waals surface area contributed by atoms with Gasteiger partial charge < -0.3 is 4.90 Å². The zero-order valence-corrected chi connectivity index (χ0v) is 15.1. The number of likely N-dealkylation sites (N-methyl/N-ethyl adjacent to an activating group) is 1. The van der Waals surface area contributed by atoms with E-state index in [0.29, 0.717) is 11.0 Å². The van der Waals surface area contributed by atoms with Gasteiger partial charge in [0.05, 0.1) is 0 Å². The molecule has 114 valence electrons. The zero-order valence-electron chi connectivity index (χ0n) is 11.9. The van der Waals surface area contributed by atoms with Crippen LogP contribution in [0.5, 0.6) is 0 Å². The van der Waals surface area contributed by atoms with Crippen LogP contribution >= 0.6 is 27.5 Å². The highest BCUT2D eigenvalue weighted by molar-refractivity contribution is 9.10. The van der Waals surface area contributed by atoms with Crippen LogP contribution in [0.25, 0.3) is 0 Å². The number of pyridine rings is 1. The Morgan fingerprint density at radius 2 is 2.05 bits per heavy atom. The summed E-state index contributed by atoms with van der Waals surface area (Å²) >= 11 is 9.09. The number of nitrogens with one attached hydrogen (secondary N) is 1. The van der Waals surface area contributed by atoms with E-state index in [-0.39, 0.29) is 22.0 Å². The molecule has 1 unspecified atom stereocenters. The summed E-state index contributed by atoms with van der Waals surface area (Å²) in [4.78, 5) is 5.77. The molecule has 0 spiro atoms. The number of nitrogens with zero attached hydrogens (tertiary/aromatic N) is 2. The Balaban J connectivity index is 3.06. The third kappa shape index (κ3) is 4.96. The molecule has 0 bridgehead atoms. The molecule has 1 heterocycles. The molecule has 0 saturated heterocycles. The van der Waals surface area contributed by atoms with Crippen molar-refractivity contribution in [1.82, 2.24) is 14.6 Å². The van der Waals surface area contributed by atoms with Gasteiger partial charge in [-0.3, -0.25) is 0 Å². The maximum Gasteiger partial charge on any atom is 0.243 e. The highest BCUT2D eigenvalue weighted by atomic mass is 79.9. The summed E-state index contributed by atoms with van der Waals surface area (Å²) in [5.74, 6) is 0.158. The first-order valence-electron chi connectivity index (χ1n) is 6.11. The molecule has 0 aliphatic carbocycles. The van der Waals surface area contributed by atoms with Crippen LogP contribution in [0.3, 0.4) is 0 Å². The van der Waals surface area contributed by atoms with E-state index in [1.54, 1.807) is 0 Å². The first-order valence-corrected chi connectivity index (χ1v) is 8.77. The molecule has 0 aliphatic rings. The van der Waals surface area contributed by atoms with Crippen LogP contribution in [0.1, 0.15) is 13.8 Å². The second kappa shape index (κ2) is 7.17. The van der Waals surface area contributed by atoms with E-state index in [0.717, 1.165) is 0 Å². The number of hydrogen-bond acceptors (Lipinski definition) is 4. The predicted octanol–water partition coefficient (Wildman–Crippen LogP) is 2.36. The first-order chi connectivity index (χ1) is 9.13. The minimum Gasteiger partial charge on any atom is -0.308 e. The van der Waals surface area contributed by atoms with E-state index in [2.05, 4.69) is 25.6 Å². The number of hydrogen-bond donors (Lipinski definition) is 1. The Bertz CT molecular complexity index is 564. The molecule has 1 rings (SSSR count). The van der Waals surface area contributed by atoms with E-state index >= 15 is 0 Å². The van der Waals surface area contributed by atoms with Gasteiger partial charge in [-0.15, -0.1) is 0 Å². The summed E-state index contributed by atoms with van der Waals surface area (Å²) in [7, 11) is 0.0958. The van der Waals surface area contributed by atoms with E-state index < -0.39 is 10.0 Å². The summed E-state index contributed by atoms with van der Waals surface area (Å²) in [5, 5.41) is -0.0342. The Kier molecular flexibility index (Phi) is 6.40. The number of sulfonamides is 1. The first kappa shape index (κ1) is 17.8. The molecule has 5 nitrogen and oxygen atoms in total. The highest BCUT2D eigenvalue weighted by Gasteiger charge is 2.25. The molecular formula is C12H19BrClN3O2S. The number of rotatable bonds is 6. The van der Waals surface area contributed by atoms with E-state index in [1.165, 1.54) is 12.3 Å². The molecule has 1 atom stereocenters. The van der Waals surface area contributed by atoms with Gasteiger partial charge in [0.25, 0.3) is 0 Å². The van der Waals surface area contributed by atoms with Gasteiger partial charge in [-0.1, -0.05) is 25.4 Å². The average molecular weight is 385 g/mol. The SMILES string of the molecule is CC(C)C(CN(C)C)NS(=O)(=O)c1cc(Br)cnc1Cl. The molecule has 0 fully saturated rings. The van der Waals surface area contributed by atoms with Crippen molar-refractivity contribution in [2.24, 2.45) is 5.92 Å². The molecule has 0 amide bonds. The van der Waals surface area contributed by atoms with E-state index in [1.807, 2.05) is 32.8 Å². The molecular weight excluding hydrogens is 366 g/mol. The van der Waals surface area contributed by atoms with Gasteiger partial charge in [0.15, 0.2) is 0 Å². The Morgan fingerprint density at radius 3 is 2.55 bits per heavy atom. The van der Waals surface area contributed by atoms with Crippen molar-refractivity contribution in [3.8, 4) is 0 Å². The van der Waals surface area contributed by atoms with Crippen molar-refractivity contribution in [1.29, 1.82) is 0 Å². The molecule has 8 heteroatoms. The van der Waals surface area contributed by atoms with Crippen molar-refractivity contribution >= 4 is 37.6 Å². The second-order valence-corrected chi connectivity index (χ2v) is 8.13. The van der Waals surface area contributed by atoms with Crippen molar-refractivity contribution in [3.63, 3.8) is 0 Å². The standard InChI is InChI=1S/C12H19BrClN3O2S/c1-8(2)10(7-17(3)4)16-20(18,19)11-5-9(13)6-15-12(11)14/h5-6,8,10,16H,7H2,1-4H3. The summed E-state index contributed by atoms with van der Waals surface area (Å²) in [6, 6.07) is 1.25. The van der Waals surface area contributed by atoms with Crippen LogP contribution in [-0.2, 0) is 10.0 Å². The highest BCUT2D eigenvalue weighted by Crippen LogP contribution is 2.23. The third-order valence-electron chi connectivity index (χ3n) is 2.74. The molecule has 0 aromatic carbocycles. The van der Waals surface area contributed by atoms with Gasteiger partial charge in [0.1, 0.15) is 10.0 Å². The molecule has 1 N–H and O–H groups in total. The number of halogens is 2. The molecule has 0 radical (unpaired) electrons. The Morgan fingerprint density at radius 1 is 1.45 bits per heavy atom. The maximum absolute atomic E-state index is 12.4. The quantitative estimate of drug-likeness (QED) is 0.765. The summed E-state index contributed by atoms with van der Waals surface area (Å²) in [6.07, 6.45) is 1.46. The summed E-state index contributed by atoms with van der Waals surface area (Å²) < 4.78 is 28.1. The van der Waals surface area contributed by atoms with E-state index in [4.69, 9.17) is 11.6 Å². The third-order valence-corrected chi connectivity index (χ3v) is 5.09. The second-order valence-electron chi connectivity index (χ2n) is 5.18. The largest absolute Gasteiger partial charge is 0.308 e. The smallest absolute Gasteiger partial charge is 0.243 e. The fourth-order valence-corrected chi connectivity index (χ4v) is 3.95. The van der Waals surface area contributed by atoms with Crippen molar-refractivity contribution in [2.45, 2.75) is 24.8 Å². The van der Waals surface area contributed by atoms with Crippen molar-refractivity contribution in [3.05, 3.63) is 21.9 Å². The minimum absolute atomic E-state index is 0.0158. The Hall–Kier alpha value is -0.210. The predicted molar refractivity (Wildman–Crippen MR) is 84.4 cm³/mol. The molecule has 0 saturated carbocycles. The van der Waals surface area contributed by atoms with Gasteiger partial charge in [-0.2, -0.15) is 0 Å². The normalized spacial score (nSPS) is 14.0. The maximum atomic E-state index is 12.4. The fourth-order valence-electron chi connectivity index (χ4n) is 1.63. The van der Waals surface area contributed by atoms with Crippen LogP contribution in [0.4, 0.5) is 0 Å². The van der Waals surface area contributed by atoms with Crippen LogP contribution < -0.4 is 4.72 Å². The van der Waals surface area contributed by atoms with Crippen LogP contribution in [0.2, 0.25) is 5.15 Å². The lowest BCUT2D eigenvalue weighted by atomic mass is 10.1. The number of aromatic nitrogens is 1. The topological polar surface area (TPSA) is 62.3 Å². The lowest BCUT2D eigenvalue weighted by Gasteiger charge is -2.25. The van der Waals surface area contributed by atoms with Gasteiger partial charge in [-0.05, 0) is 42.0 Å². The lowest BCUT2D eigenvalue weighted by molar-refractivity contribution is 0.314. The molecule has 20 heavy (non-hydrogen) atoms. The summed E-state index contributed by atoms with van der Waals surface area (Å²) in [5.41, 5.74) is 0. The molecule has 1 aromatic heterocycles. The van der Waals surface area contributed by atoms with Gasteiger partial charge in [0.2, 0.25) is 10.0 Å². The fraction of sp³-hybridized carbons (Fsp3) is 0.583. The zero-order chi connectivity index (χ0) is 15.5. The van der Waals surface area contributed by atoms with Gasteiger partial charge >= 0.3 is 0 Å². The lowest BCUT2D eigenvalue weighted by Crippen LogP contribution is -2.45. The van der Waals surface area contributed by atoms with Crippen molar-refractivity contribution in [2.75, 3.05) is 20.6 Å². The van der Waals surface area contributed by atoms with Gasteiger partial charge in [-0.25, -0.2) is 18.1 Å². The van der Waals surface area contributed by atoms with Crippen LogP contribution in [-0.4, -0.2) is 45.0 Å². The van der Waals surface area contributed by atoms with E-state index in [9.17, 15) is 8.42 Å². The monoisotopic (exact) mass is 383 g/mol. The molecule has 0 aliphatic heterocycles.